The molecule has 1 heterocycles. The van der Waals surface area contributed by atoms with Crippen LogP contribution in [0.15, 0.2) is 24.3 Å². The standard InChI is InChI=1S/C9H9N3OS/c1-2-7-3-5-8(6-4-7)13-9-10-11-12-14-9/h3-6H,2H2,1H3. The first-order valence-electron chi connectivity index (χ1n) is 4.30. The molecule has 14 heavy (non-hydrogen) atoms. The van der Waals surface area contributed by atoms with E-state index in [4.69, 9.17) is 4.74 Å². The number of aryl methyl sites for hydroxylation is 1. The Bertz CT molecular complexity index is 385. The topological polar surface area (TPSA) is 47.9 Å². The highest BCUT2D eigenvalue weighted by molar-refractivity contribution is 7.07. The van der Waals surface area contributed by atoms with Crippen LogP contribution >= 0.6 is 11.5 Å². The molecule has 0 amide bonds. The van der Waals surface area contributed by atoms with E-state index < -0.39 is 0 Å². The largest absolute Gasteiger partial charge is 0.429 e. The summed E-state index contributed by atoms with van der Waals surface area (Å²) in [5.41, 5.74) is 1.28. The predicted octanol–water partition coefficient (Wildman–Crippen LogP) is 2.29. The van der Waals surface area contributed by atoms with Crippen LogP contribution in [0.4, 0.5) is 0 Å². The van der Waals surface area contributed by atoms with Gasteiger partial charge in [0.05, 0.1) is 0 Å². The lowest BCUT2D eigenvalue weighted by molar-refractivity contribution is 0.472. The van der Waals surface area contributed by atoms with Crippen LogP contribution < -0.4 is 4.74 Å². The fraction of sp³-hybridized carbons (Fsp3) is 0.222. The van der Waals surface area contributed by atoms with Crippen molar-refractivity contribution < 1.29 is 4.74 Å². The number of benzene rings is 1. The van der Waals surface area contributed by atoms with Crippen molar-refractivity contribution in [2.45, 2.75) is 13.3 Å². The van der Waals surface area contributed by atoms with Gasteiger partial charge in [-0.1, -0.05) is 28.6 Å². The molecular weight excluding hydrogens is 198 g/mol. The molecule has 1 aromatic carbocycles. The molecule has 2 rings (SSSR count). The summed E-state index contributed by atoms with van der Waals surface area (Å²) in [6, 6.07) is 7.90. The van der Waals surface area contributed by atoms with Crippen molar-refractivity contribution in [1.82, 2.24) is 14.8 Å². The van der Waals surface area contributed by atoms with Crippen molar-refractivity contribution in [3.8, 4) is 10.9 Å². The summed E-state index contributed by atoms with van der Waals surface area (Å²) in [5.74, 6) is 0.765. The monoisotopic (exact) mass is 207 g/mol. The molecule has 2 aromatic rings. The third kappa shape index (κ3) is 2.05. The number of hydrogen-bond acceptors (Lipinski definition) is 5. The van der Waals surface area contributed by atoms with Crippen LogP contribution in [-0.4, -0.2) is 14.8 Å². The maximum Gasteiger partial charge on any atom is 0.319 e. The molecule has 72 valence electrons. The summed E-state index contributed by atoms with van der Waals surface area (Å²) < 4.78 is 9.01. The lowest BCUT2D eigenvalue weighted by Gasteiger charge is -2.00. The van der Waals surface area contributed by atoms with Gasteiger partial charge in [0.15, 0.2) is 0 Å². The van der Waals surface area contributed by atoms with Gasteiger partial charge in [-0.25, -0.2) is 0 Å². The smallest absolute Gasteiger partial charge is 0.319 e. The number of aromatic nitrogens is 3. The quantitative estimate of drug-likeness (QED) is 0.774. The van der Waals surface area contributed by atoms with E-state index in [0.717, 1.165) is 23.7 Å². The number of ether oxygens (including phenoxy) is 1. The summed E-state index contributed by atoms with van der Waals surface area (Å²) in [7, 11) is 0. The summed E-state index contributed by atoms with van der Waals surface area (Å²) in [4.78, 5) is 0. The van der Waals surface area contributed by atoms with Gasteiger partial charge in [0.1, 0.15) is 5.75 Å². The fourth-order valence-electron chi connectivity index (χ4n) is 1.06. The number of rotatable bonds is 3. The zero-order chi connectivity index (χ0) is 9.80. The minimum Gasteiger partial charge on any atom is -0.429 e. The molecule has 0 spiro atoms. The minimum absolute atomic E-state index is 0.467. The SMILES string of the molecule is CCc1ccc(Oc2nnns2)cc1. The van der Waals surface area contributed by atoms with E-state index in [1.807, 2.05) is 24.3 Å². The Kier molecular flexibility index (Phi) is 2.69. The molecule has 1 aromatic heterocycles. The molecule has 0 saturated heterocycles. The maximum absolute atomic E-state index is 5.40. The van der Waals surface area contributed by atoms with Gasteiger partial charge in [0.25, 0.3) is 0 Å². The van der Waals surface area contributed by atoms with Crippen molar-refractivity contribution in [1.29, 1.82) is 0 Å². The average Bonchev–Trinajstić information content (AvgIpc) is 2.72. The second-order valence-corrected chi connectivity index (χ2v) is 3.42. The van der Waals surface area contributed by atoms with E-state index >= 15 is 0 Å². The molecule has 0 radical (unpaired) electrons. The summed E-state index contributed by atoms with van der Waals surface area (Å²) in [6.45, 7) is 2.12. The second kappa shape index (κ2) is 4.15. The Hall–Kier alpha value is -1.49. The van der Waals surface area contributed by atoms with Crippen LogP contribution in [0, 0.1) is 0 Å². The van der Waals surface area contributed by atoms with Crippen molar-refractivity contribution in [2.24, 2.45) is 0 Å². The molecule has 0 aliphatic heterocycles. The molecule has 0 atom stereocenters. The molecule has 0 unspecified atom stereocenters. The predicted molar refractivity (Wildman–Crippen MR) is 53.6 cm³/mol. The van der Waals surface area contributed by atoms with Crippen LogP contribution in [0.5, 0.6) is 10.9 Å². The van der Waals surface area contributed by atoms with Gasteiger partial charge in [-0.15, -0.1) is 0 Å². The van der Waals surface area contributed by atoms with E-state index in [0.29, 0.717) is 5.19 Å². The molecular formula is C9H9N3OS. The molecule has 0 fully saturated rings. The Morgan fingerprint density at radius 1 is 1.29 bits per heavy atom. The maximum atomic E-state index is 5.40. The highest BCUT2D eigenvalue weighted by atomic mass is 32.1. The zero-order valence-electron chi connectivity index (χ0n) is 7.67. The van der Waals surface area contributed by atoms with E-state index in [2.05, 4.69) is 21.7 Å². The van der Waals surface area contributed by atoms with E-state index in [1.165, 1.54) is 5.56 Å². The molecule has 0 saturated carbocycles. The van der Waals surface area contributed by atoms with Gasteiger partial charge in [-0.3, -0.25) is 0 Å². The van der Waals surface area contributed by atoms with Gasteiger partial charge in [-0.2, -0.15) is 0 Å². The van der Waals surface area contributed by atoms with Crippen LogP contribution in [-0.2, 0) is 6.42 Å². The van der Waals surface area contributed by atoms with Crippen LogP contribution in [0.3, 0.4) is 0 Å². The Morgan fingerprint density at radius 3 is 2.64 bits per heavy atom. The first kappa shape index (κ1) is 9.08. The van der Waals surface area contributed by atoms with Crippen molar-refractivity contribution in [2.75, 3.05) is 0 Å². The van der Waals surface area contributed by atoms with E-state index in [1.54, 1.807) is 0 Å². The summed E-state index contributed by atoms with van der Waals surface area (Å²) in [5, 5.41) is 7.60. The van der Waals surface area contributed by atoms with Crippen LogP contribution in [0.1, 0.15) is 12.5 Å². The molecule has 0 bridgehead atoms. The lowest BCUT2D eigenvalue weighted by atomic mass is 10.2. The third-order valence-electron chi connectivity index (χ3n) is 1.82. The van der Waals surface area contributed by atoms with Crippen molar-refractivity contribution in [3.63, 3.8) is 0 Å². The first-order valence-corrected chi connectivity index (χ1v) is 5.07. The minimum atomic E-state index is 0.467. The highest BCUT2D eigenvalue weighted by Gasteiger charge is 2.00. The third-order valence-corrected chi connectivity index (χ3v) is 2.29. The van der Waals surface area contributed by atoms with Crippen molar-refractivity contribution in [3.05, 3.63) is 29.8 Å². The lowest BCUT2D eigenvalue weighted by Crippen LogP contribution is -1.84. The molecule has 5 heteroatoms. The molecule has 0 aliphatic carbocycles. The first-order chi connectivity index (χ1) is 6.88. The van der Waals surface area contributed by atoms with Gasteiger partial charge >= 0.3 is 5.19 Å². The number of hydrogen-bond donors (Lipinski definition) is 0. The van der Waals surface area contributed by atoms with Crippen LogP contribution in [0.25, 0.3) is 0 Å². The molecule has 4 nitrogen and oxygen atoms in total. The Balaban J connectivity index is 2.10. The number of nitrogens with zero attached hydrogens (tertiary/aromatic N) is 3. The van der Waals surface area contributed by atoms with Crippen molar-refractivity contribution >= 4 is 11.5 Å². The summed E-state index contributed by atoms with van der Waals surface area (Å²) >= 11 is 1.13. The van der Waals surface area contributed by atoms with E-state index in [9.17, 15) is 0 Å². The van der Waals surface area contributed by atoms with Gasteiger partial charge < -0.3 is 4.74 Å². The fourth-order valence-corrected chi connectivity index (χ4v) is 1.41. The highest BCUT2D eigenvalue weighted by Crippen LogP contribution is 2.21. The second-order valence-electron chi connectivity index (χ2n) is 2.73. The Labute approximate surface area is 85.7 Å². The van der Waals surface area contributed by atoms with Gasteiger partial charge in [-0.05, 0) is 29.3 Å². The zero-order valence-corrected chi connectivity index (χ0v) is 8.49. The van der Waals surface area contributed by atoms with Gasteiger partial charge in [0.2, 0.25) is 0 Å². The Morgan fingerprint density at radius 2 is 2.07 bits per heavy atom. The van der Waals surface area contributed by atoms with E-state index in [-0.39, 0.29) is 0 Å². The normalized spacial score (nSPS) is 10.1. The summed E-state index contributed by atoms with van der Waals surface area (Å²) in [6.07, 6.45) is 1.03. The average molecular weight is 207 g/mol. The van der Waals surface area contributed by atoms with Crippen LogP contribution in [0.2, 0.25) is 0 Å². The molecule has 0 aliphatic rings. The van der Waals surface area contributed by atoms with Gasteiger partial charge in [0, 0.05) is 11.5 Å². The molecule has 0 N–H and O–H groups in total.